The molecule has 0 spiro atoms. The average Bonchev–Trinajstić information content (AvgIpc) is 2.59. The predicted octanol–water partition coefficient (Wildman–Crippen LogP) is -1.66. The summed E-state index contributed by atoms with van der Waals surface area (Å²) in [5, 5.41) is 44.3. The molecule has 4 atom stereocenters. The van der Waals surface area contributed by atoms with Crippen LogP contribution in [0.2, 0.25) is 0 Å². The van der Waals surface area contributed by atoms with Crippen LogP contribution in [0.3, 0.4) is 0 Å². The molecule has 1 aromatic carbocycles. The molecule has 0 aliphatic rings. The SMILES string of the molecule is O=C[C@H](O)[C@@H](O)[C@H](O)[C@H](O)C(=O)O.c1ccc2ncncc2c1. The zero-order valence-electron chi connectivity index (χ0n) is 11.8. The van der Waals surface area contributed by atoms with Crippen LogP contribution >= 0.6 is 0 Å². The standard InChI is InChI=1S/C8H6N2.C6H10O7/c1-2-4-8-7(3-1)5-9-6-10-8;7-1-2(8)3(9)4(10)5(11)6(12)13/h1-6H;1-5,8-11H,(H,12,13)/t;2-,3+,4-,5-/m.0/s1. The quantitative estimate of drug-likeness (QED) is 0.405. The van der Waals surface area contributed by atoms with Gasteiger partial charge in [0.2, 0.25) is 0 Å². The number of aliphatic carboxylic acids is 1. The lowest BCUT2D eigenvalue weighted by Gasteiger charge is -2.21. The van der Waals surface area contributed by atoms with Gasteiger partial charge in [-0.05, 0) is 6.07 Å². The van der Waals surface area contributed by atoms with Crippen LogP contribution in [0.5, 0.6) is 0 Å². The second-order valence-corrected chi connectivity index (χ2v) is 4.47. The number of para-hydroxylation sites is 1. The number of nitrogens with zero attached hydrogens (tertiary/aromatic N) is 2. The summed E-state index contributed by atoms with van der Waals surface area (Å²) in [6.45, 7) is 0. The zero-order valence-corrected chi connectivity index (χ0v) is 11.8. The van der Waals surface area contributed by atoms with Crippen molar-refractivity contribution in [3.05, 3.63) is 36.8 Å². The third kappa shape index (κ3) is 5.34. The van der Waals surface area contributed by atoms with Crippen molar-refractivity contribution in [2.24, 2.45) is 0 Å². The Morgan fingerprint density at radius 3 is 2.30 bits per heavy atom. The summed E-state index contributed by atoms with van der Waals surface area (Å²) in [6, 6.07) is 7.91. The Hall–Kier alpha value is -2.46. The molecule has 2 rings (SSSR count). The number of fused-ring (bicyclic) bond motifs is 1. The van der Waals surface area contributed by atoms with Crippen molar-refractivity contribution in [3.8, 4) is 0 Å². The summed E-state index contributed by atoms with van der Waals surface area (Å²) < 4.78 is 0. The number of aliphatic hydroxyl groups excluding tert-OH is 4. The molecule has 1 aromatic heterocycles. The number of aldehydes is 1. The maximum atomic E-state index is 10.1. The van der Waals surface area contributed by atoms with Gasteiger partial charge in [-0.25, -0.2) is 14.8 Å². The number of hydrogen-bond donors (Lipinski definition) is 5. The first-order chi connectivity index (χ1) is 10.9. The Labute approximate surface area is 130 Å². The van der Waals surface area contributed by atoms with Crippen molar-refractivity contribution >= 4 is 23.2 Å². The topological polar surface area (TPSA) is 161 Å². The Bertz CT molecular complexity index is 586. The van der Waals surface area contributed by atoms with Gasteiger partial charge in [0, 0.05) is 11.6 Å². The number of carboxylic acids is 1. The first-order valence-corrected chi connectivity index (χ1v) is 6.43. The predicted molar refractivity (Wildman–Crippen MR) is 77.3 cm³/mol. The number of rotatable bonds is 5. The minimum atomic E-state index is -2.25. The van der Waals surface area contributed by atoms with Gasteiger partial charge < -0.3 is 30.3 Å². The normalized spacial score (nSPS) is 15.7. The number of carbonyl (C=O) groups excluding carboxylic acids is 1. The van der Waals surface area contributed by atoms with Crippen LogP contribution in [0.1, 0.15) is 0 Å². The van der Waals surface area contributed by atoms with Crippen LogP contribution in [0.4, 0.5) is 0 Å². The molecule has 0 unspecified atom stereocenters. The molecule has 9 heteroatoms. The van der Waals surface area contributed by atoms with E-state index in [2.05, 4.69) is 9.97 Å². The molecule has 0 amide bonds. The maximum Gasteiger partial charge on any atom is 0.335 e. The fourth-order valence-corrected chi connectivity index (χ4v) is 1.54. The number of aliphatic hydroxyl groups is 4. The van der Waals surface area contributed by atoms with Gasteiger partial charge in [-0.2, -0.15) is 0 Å². The minimum Gasteiger partial charge on any atom is -0.479 e. The second kappa shape index (κ2) is 8.86. The molecule has 124 valence electrons. The number of carboxylic acid groups (broad SMARTS) is 1. The molecule has 0 aliphatic heterocycles. The fourth-order valence-electron chi connectivity index (χ4n) is 1.54. The third-order valence-electron chi connectivity index (χ3n) is 2.83. The Morgan fingerprint density at radius 2 is 1.74 bits per heavy atom. The van der Waals surface area contributed by atoms with Crippen LogP contribution in [-0.4, -0.2) is 72.2 Å². The summed E-state index contributed by atoms with van der Waals surface area (Å²) in [7, 11) is 0. The second-order valence-electron chi connectivity index (χ2n) is 4.47. The van der Waals surface area contributed by atoms with Crippen LogP contribution < -0.4 is 0 Å². The van der Waals surface area contributed by atoms with Crippen LogP contribution in [0.25, 0.3) is 10.9 Å². The highest BCUT2D eigenvalue weighted by Gasteiger charge is 2.33. The van der Waals surface area contributed by atoms with Gasteiger partial charge in [0.15, 0.2) is 12.4 Å². The highest BCUT2D eigenvalue weighted by molar-refractivity contribution is 5.76. The van der Waals surface area contributed by atoms with Crippen LogP contribution in [0.15, 0.2) is 36.8 Å². The van der Waals surface area contributed by atoms with E-state index in [1.165, 1.54) is 0 Å². The van der Waals surface area contributed by atoms with Gasteiger partial charge >= 0.3 is 5.97 Å². The molecule has 2 aromatic rings. The lowest BCUT2D eigenvalue weighted by molar-refractivity contribution is -0.163. The van der Waals surface area contributed by atoms with Gasteiger partial charge in [-0.3, -0.25) is 0 Å². The monoisotopic (exact) mass is 324 g/mol. The molecular weight excluding hydrogens is 308 g/mol. The highest BCUT2D eigenvalue weighted by Crippen LogP contribution is 2.06. The molecule has 0 fully saturated rings. The average molecular weight is 324 g/mol. The largest absolute Gasteiger partial charge is 0.479 e. The van der Waals surface area contributed by atoms with Crippen molar-refractivity contribution in [1.29, 1.82) is 0 Å². The molecule has 23 heavy (non-hydrogen) atoms. The number of aromatic nitrogens is 2. The van der Waals surface area contributed by atoms with E-state index in [-0.39, 0.29) is 6.29 Å². The van der Waals surface area contributed by atoms with E-state index in [1.54, 1.807) is 6.33 Å². The summed E-state index contributed by atoms with van der Waals surface area (Å²) in [4.78, 5) is 27.9. The highest BCUT2D eigenvalue weighted by atomic mass is 16.4. The van der Waals surface area contributed by atoms with Gasteiger partial charge in [0.1, 0.15) is 24.6 Å². The van der Waals surface area contributed by atoms with Crippen molar-refractivity contribution in [1.82, 2.24) is 9.97 Å². The lowest BCUT2D eigenvalue weighted by Crippen LogP contribution is -2.48. The van der Waals surface area contributed by atoms with E-state index >= 15 is 0 Å². The number of benzene rings is 1. The van der Waals surface area contributed by atoms with E-state index in [0.717, 1.165) is 10.9 Å². The van der Waals surface area contributed by atoms with E-state index in [4.69, 9.17) is 25.5 Å². The Morgan fingerprint density at radius 1 is 1.09 bits per heavy atom. The summed E-state index contributed by atoms with van der Waals surface area (Å²) in [6.07, 6.45) is -5.03. The van der Waals surface area contributed by atoms with Gasteiger partial charge in [-0.1, -0.05) is 18.2 Å². The summed E-state index contributed by atoms with van der Waals surface area (Å²) in [5.41, 5.74) is 0.998. The van der Waals surface area contributed by atoms with E-state index in [0.29, 0.717) is 0 Å². The van der Waals surface area contributed by atoms with Crippen molar-refractivity contribution in [3.63, 3.8) is 0 Å². The molecule has 0 saturated heterocycles. The van der Waals surface area contributed by atoms with E-state index in [9.17, 15) is 9.59 Å². The number of carbonyl (C=O) groups is 2. The lowest BCUT2D eigenvalue weighted by atomic mass is 10.0. The molecular formula is C14H16N2O7. The number of hydrogen-bond acceptors (Lipinski definition) is 8. The Kier molecular flexibility index (Phi) is 7.16. The van der Waals surface area contributed by atoms with E-state index < -0.39 is 30.4 Å². The van der Waals surface area contributed by atoms with Gasteiger partial charge in [0.05, 0.1) is 5.52 Å². The molecule has 0 aliphatic carbocycles. The van der Waals surface area contributed by atoms with Gasteiger partial charge in [0.25, 0.3) is 0 Å². The maximum absolute atomic E-state index is 10.1. The summed E-state index contributed by atoms with van der Waals surface area (Å²) in [5.74, 6) is -1.76. The smallest absolute Gasteiger partial charge is 0.335 e. The van der Waals surface area contributed by atoms with Crippen molar-refractivity contribution < 1.29 is 35.1 Å². The minimum absolute atomic E-state index is 0.0809. The van der Waals surface area contributed by atoms with E-state index in [1.807, 2.05) is 30.5 Å². The van der Waals surface area contributed by atoms with Gasteiger partial charge in [-0.15, -0.1) is 0 Å². The molecule has 0 saturated carbocycles. The van der Waals surface area contributed by atoms with Crippen LogP contribution in [0, 0.1) is 0 Å². The first kappa shape index (κ1) is 18.6. The molecule has 5 N–H and O–H groups in total. The molecule has 0 bridgehead atoms. The zero-order chi connectivity index (χ0) is 17.4. The van der Waals surface area contributed by atoms with Crippen LogP contribution in [-0.2, 0) is 9.59 Å². The Balaban J connectivity index is 0.000000235. The van der Waals surface area contributed by atoms with Crippen molar-refractivity contribution in [2.75, 3.05) is 0 Å². The molecule has 0 radical (unpaired) electrons. The molecule has 1 heterocycles. The summed E-state index contributed by atoms with van der Waals surface area (Å²) >= 11 is 0. The first-order valence-electron chi connectivity index (χ1n) is 6.43. The third-order valence-corrected chi connectivity index (χ3v) is 2.83. The fraction of sp³-hybridized carbons (Fsp3) is 0.286. The molecule has 9 nitrogen and oxygen atoms in total. The van der Waals surface area contributed by atoms with Crippen molar-refractivity contribution in [2.45, 2.75) is 24.4 Å².